The van der Waals surface area contributed by atoms with Crippen molar-refractivity contribution < 1.29 is 21.8 Å². The summed E-state index contributed by atoms with van der Waals surface area (Å²) in [5.74, 6) is 0. The number of rotatable bonds is 3. The van der Waals surface area contributed by atoms with Gasteiger partial charge in [-0.3, -0.25) is 4.18 Å². The van der Waals surface area contributed by atoms with Crippen molar-refractivity contribution in [3.63, 3.8) is 0 Å². The molecular formula is C18H18Cl2N2O4S. The summed E-state index contributed by atoms with van der Waals surface area (Å²) in [7, 11) is 0.454. The molecule has 3 rings (SSSR count). The van der Waals surface area contributed by atoms with Crippen molar-refractivity contribution in [1.82, 2.24) is 4.68 Å². The maximum absolute atomic E-state index is 9.22. The van der Waals surface area contributed by atoms with Crippen molar-refractivity contribution in [2.75, 3.05) is 7.11 Å². The Kier molecular flexibility index (Phi) is 7.02. The Labute approximate surface area is 168 Å². The third-order valence-electron chi connectivity index (χ3n) is 3.90. The molecule has 0 spiro atoms. The molecule has 0 N–H and O–H groups in total. The lowest BCUT2D eigenvalue weighted by molar-refractivity contribution is -0.740. The first kappa shape index (κ1) is 21.4. The molecule has 0 aliphatic heterocycles. The summed E-state index contributed by atoms with van der Waals surface area (Å²) in [5.41, 5.74) is 4.34. The van der Waals surface area contributed by atoms with Gasteiger partial charge in [-0.05, 0) is 30.3 Å². The molecule has 9 heteroatoms. The molecule has 3 aromatic rings. The molecule has 0 aliphatic carbocycles. The second-order valence-electron chi connectivity index (χ2n) is 5.53. The van der Waals surface area contributed by atoms with Crippen LogP contribution in [-0.2, 0) is 28.7 Å². The molecule has 0 amide bonds. The van der Waals surface area contributed by atoms with Gasteiger partial charge in [0.1, 0.15) is 5.69 Å². The minimum Gasteiger partial charge on any atom is -0.726 e. The van der Waals surface area contributed by atoms with Crippen LogP contribution in [0.15, 0.2) is 54.6 Å². The van der Waals surface area contributed by atoms with Gasteiger partial charge in [0.05, 0.1) is 19.2 Å². The van der Waals surface area contributed by atoms with Crippen LogP contribution in [0.2, 0.25) is 10.0 Å². The van der Waals surface area contributed by atoms with E-state index in [-0.39, 0.29) is 0 Å². The van der Waals surface area contributed by atoms with E-state index in [1.807, 2.05) is 44.4 Å². The van der Waals surface area contributed by atoms with Gasteiger partial charge in [0, 0.05) is 22.2 Å². The summed E-state index contributed by atoms with van der Waals surface area (Å²) >= 11 is 12.3. The summed E-state index contributed by atoms with van der Waals surface area (Å²) in [6.45, 7) is 0. The van der Waals surface area contributed by atoms with Crippen molar-refractivity contribution >= 4 is 33.6 Å². The second-order valence-corrected chi connectivity index (χ2v) is 7.52. The van der Waals surface area contributed by atoms with Crippen LogP contribution in [-0.4, -0.2) is 24.8 Å². The fraction of sp³-hybridized carbons (Fsp3) is 0.167. The zero-order valence-electron chi connectivity index (χ0n) is 14.9. The number of nitrogens with zero attached hydrogens (tertiary/aromatic N) is 2. The van der Waals surface area contributed by atoms with Gasteiger partial charge in [0.15, 0.2) is 7.05 Å². The fourth-order valence-electron chi connectivity index (χ4n) is 2.47. The van der Waals surface area contributed by atoms with Gasteiger partial charge in [-0.1, -0.05) is 41.4 Å². The molecule has 0 fully saturated rings. The topological polar surface area (TPSA) is 75.2 Å². The molecule has 0 bridgehead atoms. The summed E-state index contributed by atoms with van der Waals surface area (Å²) in [4.78, 5) is 0. The molecule has 0 saturated heterocycles. The molecule has 1 heterocycles. The molecule has 0 aliphatic rings. The van der Waals surface area contributed by atoms with Crippen molar-refractivity contribution in [1.29, 1.82) is 0 Å². The summed E-state index contributed by atoms with van der Waals surface area (Å²) < 4.78 is 35.2. The predicted molar refractivity (Wildman–Crippen MR) is 104 cm³/mol. The first-order chi connectivity index (χ1) is 12.6. The number of benzene rings is 2. The van der Waals surface area contributed by atoms with E-state index in [9.17, 15) is 13.0 Å². The SMILES string of the molecule is COS(=O)(=O)[O-].Cn1c(-c2ccc(Cl)cc2Cl)cc(-c2ccccc2)[n+]1C. The average Bonchev–Trinajstić information content (AvgIpc) is 2.91. The van der Waals surface area contributed by atoms with Gasteiger partial charge in [-0.15, -0.1) is 4.68 Å². The number of aromatic nitrogens is 2. The number of hydrogen-bond donors (Lipinski definition) is 0. The number of halogens is 2. The lowest BCUT2D eigenvalue weighted by Gasteiger charge is -2.03. The largest absolute Gasteiger partial charge is 0.726 e. The highest BCUT2D eigenvalue weighted by atomic mass is 35.5. The molecule has 1 aromatic heterocycles. The van der Waals surface area contributed by atoms with E-state index in [0.29, 0.717) is 10.0 Å². The van der Waals surface area contributed by atoms with E-state index in [2.05, 4.69) is 31.7 Å². The first-order valence-corrected chi connectivity index (χ1v) is 9.81. The van der Waals surface area contributed by atoms with Crippen molar-refractivity contribution in [3.05, 3.63) is 64.6 Å². The third-order valence-corrected chi connectivity index (χ3v) is 4.86. The van der Waals surface area contributed by atoms with Crippen LogP contribution in [0, 0.1) is 0 Å². The quantitative estimate of drug-likeness (QED) is 0.362. The van der Waals surface area contributed by atoms with Crippen LogP contribution in [0.4, 0.5) is 0 Å². The molecule has 144 valence electrons. The van der Waals surface area contributed by atoms with Crippen LogP contribution < -0.4 is 4.68 Å². The fourth-order valence-corrected chi connectivity index (χ4v) is 2.97. The van der Waals surface area contributed by atoms with Crippen molar-refractivity contribution in [2.45, 2.75) is 0 Å². The van der Waals surface area contributed by atoms with E-state index < -0.39 is 10.4 Å². The van der Waals surface area contributed by atoms with Gasteiger partial charge < -0.3 is 4.55 Å². The second kappa shape index (κ2) is 8.86. The lowest BCUT2D eigenvalue weighted by Crippen LogP contribution is -2.39. The van der Waals surface area contributed by atoms with Crippen LogP contribution >= 0.6 is 23.2 Å². The maximum Gasteiger partial charge on any atom is 0.238 e. The summed E-state index contributed by atoms with van der Waals surface area (Å²) in [6.07, 6.45) is 0. The number of hydrogen-bond acceptors (Lipinski definition) is 4. The minimum atomic E-state index is -4.41. The highest BCUT2D eigenvalue weighted by molar-refractivity contribution is 7.80. The molecule has 0 unspecified atom stereocenters. The minimum absolute atomic E-state index is 0.644. The van der Waals surface area contributed by atoms with Gasteiger partial charge in [0.25, 0.3) is 0 Å². The van der Waals surface area contributed by atoms with Gasteiger partial charge in [-0.25, -0.2) is 8.42 Å². The normalized spacial score (nSPS) is 11.0. The van der Waals surface area contributed by atoms with Gasteiger partial charge >= 0.3 is 0 Å². The maximum atomic E-state index is 9.22. The Bertz CT molecular complexity index is 1040. The van der Waals surface area contributed by atoms with Crippen molar-refractivity contribution in [3.8, 4) is 22.5 Å². The van der Waals surface area contributed by atoms with E-state index in [1.165, 1.54) is 5.56 Å². The Morgan fingerprint density at radius 1 is 1.07 bits per heavy atom. The molecule has 2 aromatic carbocycles. The molecule has 0 saturated carbocycles. The predicted octanol–water partition coefficient (Wildman–Crippen LogP) is 3.58. The van der Waals surface area contributed by atoms with E-state index >= 15 is 0 Å². The summed E-state index contributed by atoms with van der Waals surface area (Å²) in [5, 5.41) is 1.30. The molecule has 0 radical (unpaired) electrons. The molecule has 6 nitrogen and oxygen atoms in total. The zero-order valence-corrected chi connectivity index (χ0v) is 17.2. The van der Waals surface area contributed by atoms with E-state index in [4.69, 9.17) is 23.2 Å². The van der Waals surface area contributed by atoms with E-state index in [1.54, 1.807) is 6.07 Å². The van der Waals surface area contributed by atoms with Crippen LogP contribution in [0.1, 0.15) is 0 Å². The lowest BCUT2D eigenvalue weighted by atomic mass is 10.1. The Hall–Kier alpha value is -1.90. The first-order valence-electron chi connectivity index (χ1n) is 7.72. The average molecular weight is 429 g/mol. The van der Waals surface area contributed by atoms with Gasteiger partial charge in [-0.2, -0.15) is 4.68 Å². The molecule has 27 heavy (non-hydrogen) atoms. The van der Waals surface area contributed by atoms with E-state index in [0.717, 1.165) is 24.1 Å². The van der Waals surface area contributed by atoms with Crippen LogP contribution in [0.5, 0.6) is 0 Å². The standard InChI is InChI=1S/C17H15Cl2N2.CH4O4S/c1-20-16(12-6-4-3-5-7-12)11-17(21(20)2)14-9-8-13(18)10-15(14)19;1-5-6(2,3)4/h3-11H,1-2H3;1H3,(H,2,3,4)/q+1;/p-1. The van der Waals surface area contributed by atoms with Crippen LogP contribution in [0.3, 0.4) is 0 Å². The highest BCUT2D eigenvalue weighted by Gasteiger charge is 2.21. The van der Waals surface area contributed by atoms with Crippen molar-refractivity contribution in [2.24, 2.45) is 14.1 Å². The monoisotopic (exact) mass is 428 g/mol. The highest BCUT2D eigenvalue weighted by Crippen LogP contribution is 2.31. The van der Waals surface area contributed by atoms with Crippen LogP contribution in [0.25, 0.3) is 22.5 Å². The van der Waals surface area contributed by atoms with Gasteiger partial charge in [0.2, 0.25) is 16.1 Å². The molecular weight excluding hydrogens is 411 g/mol. The third kappa shape index (κ3) is 5.54. The smallest absolute Gasteiger partial charge is 0.238 e. The zero-order chi connectivity index (χ0) is 20.2. The molecule has 0 atom stereocenters. The Balaban J connectivity index is 0.000000380. The Morgan fingerprint density at radius 2 is 1.67 bits per heavy atom. The Morgan fingerprint density at radius 3 is 2.19 bits per heavy atom. The summed E-state index contributed by atoms with van der Waals surface area (Å²) in [6, 6.07) is 18.0.